The number of piperidine rings is 1. The zero-order chi connectivity index (χ0) is 22.1. The van der Waals surface area contributed by atoms with Gasteiger partial charge < -0.3 is 20.1 Å². The Kier molecular flexibility index (Phi) is 11.6. The van der Waals surface area contributed by atoms with Crippen LogP contribution in [0, 0.1) is 11.3 Å². The van der Waals surface area contributed by atoms with Crippen LogP contribution >= 0.6 is 24.0 Å². The number of halogens is 1. The van der Waals surface area contributed by atoms with E-state index in [1.54, 1.807) is 14.2 Å². The van der Waals surface area contributed by atoms with Crippen molar-refractivity contribution in [1.29, 1.82) is 0 Å². The summed E-state index contributed by atoms with van der Waals surface area (Å²) in [7, 11) is 5.76. The molecule has 182 valence electrons. The van der Waals surface area contributed by atoms with E-state index in [0.29, 0.717) is 17.4 Å². The highest BCUT2D eigenvalue weighted by Gasteiger charge is 2.36. The first-order valence-electron chi connectivity index (χ1n) is 12.0. The van der Waals surface area contributed by atoms with E-state index in [9.17, 15) is 0 Å². The van der Waals surface area contributed by atoms with E-state index in [4.69, 9.17) is 14.5 Å². The fraction of sp³-hybridized carbons (Fsp3) is 0.720. The van der Waals surface area contributed by atoms with E-state index in [2.05, 4.69) is 53.8 Å². The number of hydrogen-bond donors (Lipinski definition) is 2. The molecular weight excluding hydrogens is 515 g/mol. The Hall–Kier alpha value is -1.06. The van der Waals surface area contributed by atoms with Gasteiger partial charge in [0.15, 0.2) is 5.96 Å². The quantitative estimate of drug-likeness (QED) is 0.253. The highest BCUT2D eigenvalue weighted by molar-refractivity contribution is 14.0. The third-order valence-electron chi connectivity index (χ3n) is 7.16. The number of methoxy groups -OCH3 is 2. The molecule has 1 heterocycles. The molecule has 1 aliphatic heterocycles. The molecule has 1 saturated heterocycles. The Morgan fingerprint density at radius 2 is 1.91 bits per heavy atom. The molecule has 2 N–H and O–H groups in total. The van der Waals surface area contributed by atoms with Crippen LogP contribution in [0.15, 0.2) is 29.3 Å². The minimum Gasteiger partial charge on any atom is -0.497 e. The van der Waals surface area contributed by atoms with Crippen LogP contribution in [0.5, 0.6) is 5.75 Å². The lowest BCUT2D eigenvalue weighted by atomic mass is 9.67. The molecule has 0 bridgehead atoms. The second-order valence-corrected chi connectivity index (χ2v) is 9.27. The van der Waals surface area contributed by atoms with Crippen LogP contribution in [0.3, 0.4) is 0 Å². The van der Waals surface area contributed by atoms with Gasteiger partial charge >= 0.3 is 0 Å². The van der Waals surface area contributed by atoms with Gasteiger partial charge in [-0.1, -0.05) is 18.6 Å². The minimum absolute atomic E-state index is 0. The summed E-state index contributed by atoms with van der Waals surface area (Å²) in [6, 6.07) is 8.99. The van der Waals surface area contributed by atoms with E-state index in [-0.39, 0.29) is 24.0 Å². The van der Waals surface area contributed by atoms with Crippen molar-refractivity contribution in [3.8, 4) is 5.75 Å². The number of nitrogens with one attached hydrogen (secondary N) is 2. The zero-order valence-corrected chi connectivity index (χ0v) is 22.7. The maximum Gasteiger partial charge on any atom is 0.191 e. The number of likely N-dealkylation sites (tertiary alicyclic amines) is 1. The van der Waals surface area contributed by atoms with Crippen molar-refractivity contribution in [2.75, 3.05) is 54.1 Å². The molecule has 3 rings (SSSR count). The maximum atomic E-state index is 5.35. The predicted molar refractivity (Wildman–Crippen MR) is 143 cm³/mol. The smallest absolute Gasteiger partial charge is 0.191 e. The van der Waals surface area contributed by atoms with Crippen LogP contribution in [-0.4, -0.2) is 64.9 Å². The number of guanidine groups is 1. The summed E-state index contributed by atoms with van der Waals surface area (Å²) in [4.78, 5) is 7.49. The lowest BCUT2D eigenvalue weighted by Crippen LogP contribution is -2.45. The molecule has 1 aromatic carbocycles. The first kappa shape index (κ1) is 27.2. The van der Waals surface area contributed by atoms with Crippen molar-refractivity contribution >= 4 is 29.9 Å². The molecular formula is C25H43IN4O2. The number of ether oxygens (including phenoxy) is 2. The molecule has 2 fully saturated rings. The topological polar surface area (TPSA) is 58.1 Å². The van der Waals surface area contributed by atoms with Gasteiger partial charge in [-0.2, -0.15) is 0 Å². The fourth-order valence-electron chi connectivity index (χ4n) is 5.10. The van der Waals surface area contributed by atoms with Crippen LogP contribution < -0.4 is 15.4 Å². The third kappa shape index (κ3) is 7.22. The second kappa shape index (κ2) is 13.6. The lowest BCUT2D eigenvalue weighted by molar-refractivity contribution is 0.0778. The van der Waals surface area contributed by atoms with Gasteiger partial charge in [-0.3, -0.25) is 9.89 Å². The van der Waals surface area contributed by atoms with E-state index >= 15 is 0 Å². The molecule has 7 heteroatoms. The zero-order valence-electron chi connectivity index (χ0n) is 20.4. The Labute approximate surface area is 211 Å². The van der Waals surface area contributed by atoms with E-state index in [0.717, 1.165) is 50.9 Å². The summed E-state index contributed by atoms with van der Waals surface area (Å²) in [5.74, 6) is 2.41. The second-order valence-electron chi connectivity index (χ2n) is 9.27. The molecule has 2 aliphatic rings. The number of hydrogen-bond acceptors (Lipinski definition) is 4. The van der Waals surface area contributed by atoms with Crippen molar-refractivity contribution in [3.05, 3.63) is 29.8 Å². The maximum absolute atomic E-state index is 5.35. The first-order valence-corrected chi connectivity index (χ1v) is 12.0. The van der Waals surface area contributed by atoms with E-state index < -0.39 is 0 Å². The van der Waals surface area contributed by atoms with Gasteiger partial charge in [0, 0.05) is 39.4 Å². The Morgan fingerprint density at radius 3 is 2.50 bits per heavy atom. The number of benzene rings is 1. The summed E-state index contributed by atoms with van der Waals surface area (Å²) >= 11 is 0. The molecule has 2 unspecified atom stereocenters. The van der Waals surface area contributed by atoms with E-state index in [1.807, 2.05) is 0 Å². The van der Waals surface area contributed by atoms with Gasteiger partial charge in [-0.25, -0.2) is 0 Å². The van der Waals surface area contributed by atoms with Crippen LogP contribution in [0.1, 0.15) is 57.1 Å². The monoisotopic (exact) mass is 558 g/mol. The highest BCUT2D eigenvalue weighted by Crippen LogP contribution is 2.44. The molecule has 0 radical (unpaired) electrons. The standard InChI is InChI=1S/C25H42N4O2.HI/c1-5-26-24(28-19-25(13-7-14-25)15-17-30-3)27-18-21-8-6-16-29(2)23(21)20-9-11-22(31-4)12-10-20;/h9-12,21,23H,5-8,13-19H2,1-4H3,(H2,26,27,28);1H. The van der Waals surface area contributed by atoms with Gasteiger partial charge in [0.2, 0.25) is 0 Å². The summed E-state index contributed by atoms with van der Waals surface area (Å²) in [6.07, 6.45) is 7.44. The van der Waals surface area contributed by atoms with Crippen LogP contribution in [0.4, 0.5) is 0 Å². The molecule has 1 aliphatic carbocycles. The molecule has 1 aromatic rings. The molecule has 0 spiro atoms. The minimum atomic E-state index is 0. The van der Waals surface area contributed by atoms with Gasteiger partial charge in [0.1, 0.15) is 5.75 Å². The number of nitrogens with zero attached hydrogens (tertiary/aromatic N) is 2. The summed E-state index contributed by atoms with van der Waals surface area (Å²) in [6.45, 7) is 6.80. The summed E-state index contributed by atoms with van der Waals surface area (Å²) in [5, 5.41) is 7.12. The normalized spacial score (nSPS) is 23.1. The van der Waals surface area contributed by atoms with Gasteiger partial charge in [-0.05, 0) is 81.6 Å². The molecule has 6 nitrogen and oxygen atoms in total. The summed E-state index contributed by atoms with van der Waals surface area (Å²) in [5.41, 5.74) is 1.71. The number of rotatable bonds is 10. The van der Waals surface area contributed by atoms with Crippen molar-refractivity contribution in [2.24, 2.45) is 16.3 Å². The van der Waals surface area contributed by atoms with Crippen molar-refractivity contribution in [1.82, 2.24) is 15.5 Å². The van der Waals surface area contributed by atoms with Crippen LogP contribution in [-0.2, 0) is 4.74 Å². The average molecular weight is 559 g/mol. The highest BCUT2D eigenvalue weighted by atomic mass is 127. The molecule has 0 aromatic heterocycles. The Morgan fingerprint density at radius 1 is 1.16 bits per heavy atom. The largest absolute Gasteiger partial charge is 0.497 e. The Bertz CT molecular complexity index is 694. The predicted octanol–water partition coefficient (Wildman–Crippen LogP) is 4.46. The van der Waals surface area contributed by atoms with Crippen molar-refractivity contribution in [2.45, 2.75) is 51.5 Å². The molecule has 32 heavy (non-hydrogen) atoms. The fourth-order valence-corrected chi connectivity index (χ4v) is 5.10. The van der Waals surface area contributed by atoms with E-state index in [1.165, 1.54) is 37.7 Å². The van der Waals surface area contributed by atoms with Gasteiger partial charge in [-0.15, -0.1) is 24.0 Å². The van der Waals surface area contributed by atoms with Gasteiger partial charge in [0.25, 0.3) is 0 Å². The average Bonchev–Trinajstić information content (AvgIpc) is 2.76. The van der Waals surface area contributed by atoms with Gasteiger partial charge in [0.05, 0.1) is 7.11 Å². The summed E-state index contributed by atoms with van der Waals surface area (Å²) < 4.78 is 10.7. The van der Waals surface area contributed by atoms with Crippen LogP contribution in [0.25, 0.3) is 0 Å². The third-order valence-corrected chi connectivity index (χ3v) is 7.16. The molecule has 2 atom stereocenters. The first-order chi connectivity index (χ1) is 15.1. The van der Waals surface area contributed by atoms with Crippen molar-refractivity contribution < 1.29 is 9.47 Å². The lowest BCUT2D eigenvalue weighted by Gasteiger charge is -2.41. The Balaban J connectivity index is 0.00000363. The number of aliphatic imine (C=N–C) groups is 1. The van der Waals surface area contributed by atoms with Crippen molar-refractivity contribution in [3.63, 3.8) is 0 Å². The molecule has 0 amide bonds. The molecule has 1 saturated carbocycles. The van der Waals surface area contributed by atoms with Crippen LogP contribution in [0.2, 0.25) is 0 Å². The SMILES string of the molecule is CCNC(=NCC1(CCOC)CCC1)NCC1CCCN(C)C1c1ccc(OC)cc1.I.